The van der Waals surface area contributed by atoms with Gasteiger partial charge in [-0.15, -0.1) is 0 Å². The molecule has 0 spiro atoms. The highest BCUT2D eigenvalue weighted by Gasteiger charge is 2.16. The molecule has 2 heterocycles. The number of amides is 1. The number of hydrogen-bond donors (Lipinski definition) is 2. The van der Waals surface area contributed by atoms with Gasteiger partial charge in [0.2, 0.25) is 0 Å². The summed E-state index contributed by atoms with van der Waals surface area (Å²) in [6.07, 6.45) is 5.80. The smallest absolute Gasteiger partial charge is 0.269 e. The van der Waals surface area contributed by atoms with E-state index in [2.05, 4.69) is 25.5 Å². The summed E-state index contributed by atoms with van der Waals surface area (Å²) in [4.78, 5) is 32.4. The third-order valence-corrected chi connectivity index (χ3v) is 4.50. The first-order valence-electron chi connectivity index (χ1n) is 8.97. The van der Waals surface area contributed by atoms with E-state index in [4.69, 9.17) is 0 Å². The largest absolute Gasteiger partial charge is 0.348 e. The van der Waals surface area contributed by atoms with Crippen LogP contribution in [0.25, 0.3) is 11.1 Å². The van der Waals surface area contributed by atoms with Gasteiger partial charge in [0.05, 0.1) is 11.3 Å². The minimum atomic E-state index is -0.660. The number of carbonyl (C=O) groups excluding carboxylic acids is 1. The van der Waals surface area contributed by atoms with E-state index < -0.39 is 11.7 Å². The number of halogens is 1. The van der Waals surface area contributed by atoms with Crippen molar-refractivity contribution in [3.05, 3.63) is 75.5 Å². The second-order valence-electron chi connectivity index (χ2n) is 6.17. The number of aryl methyl sites for hydroxylation is 1. The summed E-state index contributed by atoms with van der Waals surface area (Å²) in [7, 11) is 0. The number of H-pyrrole nitrogens is 1. The van der Waals surface area contributed by atoms with E-state index in [9.17, 15) is 14.0 Å². The topological polar surface area (TPSA) is 101 Å². The third-order valence-electron chi connectivity index (χ3n) is 4.50. The number of aromatic amines is 1. The predicted molar refractivity (Wildman–Crippen MR) is 102 cm³/mol. The van der Waals surface area contributed by atoms with Crippen LogP contribution in [-0.4, -0.2) is 26.1 Å². The first-order valence-corrected chi connectivity index (χ1v) is 8.97. The Bertz CT molecular complexity index is 1050. The molecule has 0 fully saturated rings. The van der Waals surface area contributed by atoms with Gasteiger partial charge in [-0.3, -0.25) is 9.59 Å². The van der Waals surface area contributed by atoms with Gasteiger partial charge in [-0.25, -0.2) is 19.5 Å². The molecule has 0 aliphatic rings. The van der Waals surface area contributed by atoms with Crippen molar-refractivity contribution in [3.8, 4) is 11.1 Å². The third kappa shape index (κ3) is 3.95. The molecule has 7 nitrogen and oxygen atoms in total. The molecule has 2 aromatic heterocycles. The molecule has 3 aromatic rings. The van der Waals surface area contributed by atoms with Crippen molar-refractivity contribution in [2.75, 3.05) is 0 Å². The average Bonchev–Trinajstić information content (AvgIpc) is 2.72. The van der Waals surface area contributed by atoms with Crippen LogP contribution in [-0.2, 0) is 19.4 Å². The number of nitrogens with zero attached hydrogens (tertiary/aromatic N) is 3. The fraction of sp³-hybridized carbons (Fsp3) is 0.250. The Kier molecular flexibility index (Phi) is 5.88. The molecule has 0 aliphatic heterocycles. The van der Waals surface area contributed by atoms with Gasteiger partial charge in [0.1, 0.15) is 12.1 Å². The SMILES string of the molecule is CCc1n[nH]c(=O)c(CNC(=O)c2ccc(-c3cncnc3)cc2F)c1CC. The highest BCUT2D eigenvalue weighted by Crippen LogP contribution is 2.20. The van der Waals surface area contributed by atoms with Crippen LogP contribution in [0, 0.1) is 5.82 Å². The van der Waals surface area contributed by atoms with E-state index in [-0.39, 0.29) is 17.7 Å². The molecule has 0 unspecified atom stereocenters. The lowest BCUT2D eigenvalue weighted by Crippen LogP contribution is -2.29. The van der Waals surface area contributed by atoms with Gasteiger partial charge in [0.15, 0.2) is 0 Å². The van der Waals surface area contributed by atoms with Crippen molar-refractivity contribution in [1.82, 2.24) is 25.5 Å². The molecule has 0 aliphatic carbocycles. The summed E-state index contributed by atoms with van der Waals surface area (Å²) in [6.45, 7) is 3.87. The predicted octanol–water partition coefficient (Wildman–Crippen LogP) is 2.42. The molecule has 144 valence electrons. The maximum atomic E-state index is 14.5. The van der Waals surface area contributed by atoms with Crippen LogP contribution >= 0.6 is 0 Å². The van der Waals surface area contributed by atoms with Crippen LogP contribution in [0.2, 0.25) is 0 Å². The summed E-state index contributed by atoms with van der Waals surface area (Å²) in [6, 6.07) is 4.30. The number of carbonyl (C=O) groups is 1. The second kappa shape index (κ2) is 8.51. The summed E-state index contributed by atoms with van der Waals surface area (Å²) in [5, 5.41) is 9.13. The molecular weight excluding hydrogens is 361 g/mol. The minimum absolute atomic E-state index is 0.000572. The molecule has 0 saturated heterocycles. The monoisotopic (exact) mass is 381 g/mol. The van der Waals surface area contributed by atoms with Crippen LogP contribution in [0.3, 0.4) is 0 Å². The standard InChI is InChI=1S/C20H20FN5O2/c1-3-14-16(20(28)26-25-18(14)4-2)10-24-19(27)15-6-5-12(7-17(15)21)13-8-22-11-23-9-13/h5-9,11H,3-4,10H2,1-2H3,(H,24,27)(H,26,28). The zero-order valence-corrected chi connectivity index (χ0v) is 15.6. The molecule has 8 heteroatoms. The summed E-state index contributed by atoms with van der Waals surface area (Å²) < 4.78 is 14.5. The zero-order chi connectivity index (χ0) is 20.1. The number of aromatic nitrogens is 4. The Hall–Kier alpha value is -3.42. The van der Waals surface area contributed by atoms with Crippen LogP contribution in [0.1, 0.15) is 41.0 Å². The molecule has 1 aromatic carbocycles. The van der Waals surface area contributed by atoms with Gasteiger partial charge in [0.25, 0.3) is 11.5 Å². The number of nitrogens with one attached hydrogen (secondary N) is 2. The van der Waals surface area contributed by atoms with E-state index in [1.807, 2.05) is 13.8 Å². The molecular formula is C20H20FN5O2. The van der Waals surface area contributed by atoms with Crippen LogP contribution in [0.4, 0.5) is 4.39 Å². The van der Waals surface area contributed by atoms with Crippen molar-refractivity contribution in [3.63, 3.8) is 0 Å². The van der Waals surface area contributed by atoms with E-state index >= 15 is 0 Å². The Morgan fingerprint density at radius 3 is 2.50 bits per heavy atom. The van der Waals surface area contributed by atoms with E-state index in [0.29, 0.717) is 29.5 Å². The van der Waals surface area contributed by atoms with E-state index in [1.54, 1.807) is 18.5 Å². The lowest BCUT2D eigenvalue weighted by Gasteiger charge is -2.12. The van der Waals surface area contributed by atoms with Gasteiger partial charge in [-0.2, -0.15) is 5.10 Å². The highest BCUT2D eigenvalue weighted by molar-refractivity contribution is 5.95. The Balaban J connectivity index is 1.80. The number of rotatable bonds is 6. The van der Waals surface area contributed by atoms with E-state index in [0.717, 1.165) is 11.3 Å². The van der Waals surface area contributed by atoms with Crippen LogP contribution in [0.15, 0.2) is 41.7 Å². The lowest BCUT2D eigenvalue weighted by molar-refractivity contribution is 0.0946. The minimum Gasteiger partial charge on any atom is -0.348 e. The molecule has 1 amide bonds. The van der Waals surface area contributed by atoms with Gasteiger partial charge in [-0.05, 0) is 36.1 Å². The first kappa shape index (κ1) is 19.3. The Morgan fingerprint density at radius 1 is 1.11 bits per heavy atom. The molecule has 0 atom stereocenters. The quantitative estimate of drug-likeness (QED) is 0.683. The maximum Gasteiger partial charge on any atom is 0.269 e. The number of hydrogen-bond acceptors (Lipinski definition) is 5. The fourth-order valence-electron chi connectivity index (χ4n) is 3.05. The zero-order valence-electron chi connectivity index (χ0n) is 15.6. The van der Waals surface area contributed by atoms with Gasteiger partial charge >= 0.3 is 0 Å². The maximum absolute atomic E-state index is 14.5. The van der Waals surface area contributed by atoms with Crippen molar-refractivity contribution in [2.24, 2.45) is 0 Å². The Labute approximate surface area is 161 Å². The fourth-order valence-corrected chi connectivity index (χ4v) is 3.05. The summed E-state index contributed by atoms with van der Waals surface area (Å²) in [5.74, 6) is -1.25. The van der Waals surface area contributed by atoms with Gasteiger partial charge < -0.3 is 5.32 Å². The molecule has 0 saturated carbocycles. The molecule has 0 bridgehead atoms. The first-order chi connectivity index (χ1) is 13.5. The Morgan fingerprint density at radius 2 is 1.86 bits per heavy atom. The van der Waals surface area contributed by atoms with Gasteiger partial charge in [-0.1, -0.05) is 19.9 Å². The van der Waals surface area contributed by atoms with Crippen molar-refractivity contribution < 1.29 is 9.18 Å². The molecule has 3 rings (SSSR count). The number of benzene rings is 1. The summed E-state index contributed by atoms with van der Waals surface area (Å²) in [5.41, 5.74) is 2.81. The van der Waals surface area contributed by atoms with Crippen molar-refractivity contribution >= 4 is 5.91 Å². The van der Waals surface area contributed by atoms with Crippen molar-refractivity contribution in [1.29, 1.82) is 0 Å². The van der Waals surface area contributed by atoms with Crippen LogP contribution in [0.5, 0.6) is 0 Å². The van der Waals surface area contributed by atoms with E-state index in [1.165, 1.54) is 18.5 Å². The second-order valence-corrected chi connectivity index (χ2v) is 6.17. The van der Waals surface area contributed by atoms with Crippen molar-refractivity contribution in [2.45, 2.75) is 33.2 Å². The van der Waals surface area contributed by atoms with Gasteiger partial charge in [0, 0.05) is 30.1 Å². The average molecular weight is 381 g/mol. The normalized spacial score (nSPS) is 10.7. The summed E-state index contributed by atoms with van der Waals surface area (Å²) >= 11 is 0. The lowest BCUT2D eigenvalue weighted by atomic mass is 10.0. The molecule has 28 heavy (non-hydrogen) atoms. The molecule has 2 N–H and O–H groups in total. The van der Waals surface area contributed by atoms with Crippen LogP contribution < -0.4 is 10.9 Å². The highest BCUT2D eigenvalue weighted by atomic mass is 19.1. The molecule has 0 radical (unpaired) electrons.